The van der Waals surface area contributed by atoms with Gasteiger partial charge in [-0.3, -0.25) is 14.4 Å². The second-order valence-electron chi connectivity index (χ2n) is 9.15. The first-order valence-electron chi connectivity index (χ1n) is 13.1. The molecule has 2 aromatic carbocycles. The molecule has 9 nitrogen and oxygen atoms in total. The number of amides is 3. The molecule has 9 N–H and O–H groups in total. The Morgan fingerprint density at radius 3 is 1.78 bits per heavy atom. The molecule has 202 valence electrons. The molecule has 2 atom stereocenters. The number of carbonyl (C=O) groups is 3. The van der Waals surface area contributed by atoms with Crippen LogP contribution in [0.1, 0.15) is 55.2 Å². The van der Waals surface area contributed by atoms with Crippen molar-refractivity contribution in [2.24, 2.45) is 17.2 Å². The van der Waals surface area contributed by atoms with Crippen LogP contribution < -0.4 is 33.2 Å². The lowest BCUT2D eigenvalue weighted by Gasteiger charge is -2.23. The van der Waals surface area contributed by atoms with Gasteiger partial charge >= 0.3 is 0 Å². The van der Waals surface area contributed by atoms with Crippen molar-refractivity contribution in [3.8, 4) is 0 Å². The lowest BCUT2D eigenvalue weighted by molar-refractivity contribution is -0.132. The molecule has 0 heterocycles. The molecule has 0 radical (unpaired) electrons. The van der Waals surface area contributed by atoms with Crippen LogP contribution in [0, 0.1) is 0 Å². The summed E-state index contributed by atoms with van der Waals surface area (Å²) in [4.78, 5) is 39.0. The van der Waals surface area contributed by atoms with E-state index in [1.165, 1.54) is 0 Å². The predicted octanol–water partition coefficient (Wildman–Crippen LogP) is 1.23. The van der Waals surface area contributed by atoms with E-state index in [1.54, 1.807) is 0 Å². The number of benzene rings is 2. The largest absolute Gasteiger partial charge is 0.350 e. The maximum atomic E-state index is 13.2. The summed E-state index contributed by atoms with van der Waals surface area (Å²) in [7, 11) is 0. The van der Waals surface area contributed by atoms with Gasteiger partial charge in [-0.15, -0.1) is 0 Å². The SMILES string of the molecule is NCCCC[C@H](NC(=O)Cc1ccccc1)C(=O)N[C@@H](CCCCN)C(=O)NCc1ccc(CN)cc1. The summed E-state index contributed by atoms with van der Waals surface area (Å²) in [6.07, 6.45) is 3.92. The highest BCUT2D eigenvalue weighted by molar-refractivity contribution is 5.92. The first-order chi connectivity index (χ1) is 18.0. The number of nitrogens with two attached hydrogens (primary N) is 3. The number of hydrogen-bond acceptors (Lipinski definition) is 6. The third-order valence-corrected chi connectivity index (χ3v) is 6.11. The molecule has 37 heavy (non-hydrogen) atoms. The molecule has 3 amide bonds. The van der Waals surface area contributed by atoms with Crippen molar-refractivity contribution in [3.05, 3.63) is 71.3 Å². The number of rotatable bonds is 17. The fourth-order valence-corrected chi connectivity index (χ4v) is 3.93. The molecule has 0 aliphatic carbocycles. The monoisotopic (exact) mass is 510 g/mol. The number of carbonyl (C=O) groups excluding carboxylic acids is 3. The van der Waals surface area contributed by atoms with E-state index in [4.69, 9.17) is 17.2 Å². The Hall–Kier alpha value is -3.27. The average Bonchev–Trinajstić information content (AvgIpc) is 2.91. The van der Waals surface area contributed by atoms with Crippen molar-refractivity contribution in [3.63, 3.8) is 0 Å². The van der Waals surface area contributed by atoms with Gasteiger partial charge in [0.1, 0.15) is 12.1 Å². The lowest BCUT2D eigenvalue weighted by Crippen LogP contribution is -2.53. The highest BCUT2D eigenvalue weighted by atomic mass is 16.2. The Morgan fingerprint density at radius 2 is 1.22 bits per heavy atom. The smallest absolute Gasteiger partial charge is 0.243 e. The van der Waals surface area contributed by atoms with Crippen LogP contribution in [0.4, 0.5) is 0 Å². The molecule has 0 aliphatic heterocycles. The molecule has 0 spiro atoms. The Bertz CT molecular complexity index is 952. The first kappa shape index (κ1) is 30.0. The zero-order valence-electron chi connectivity index (χ0n) is 21.6. The van der Waals surface area contributed by atoms with Gasteiger partial charge in [0.05, 0.1) is 6.42 Å². The predicted molar refractivity (Wildman–Crippen MR) is 146 cm³/mol. The molecule has 0 aliphatic rings. The minimum atomic E-state index is -0.753. The maximum Gasteiger partial charge on any atom is 0.243 e. The van der Waals surface area contributed by atoms with E-state index >= 15 is 0 Å². The second-order valence-corrected chi connectivity index (χ2v) is 9.15. The highest BCUT2D eigenvalue weighted by Crippen LogP contribution is 2.08. The van der Waals surface area contributed by atoms with Crippen molar-refractivity contribution in [2.75, 3.05) is 13.1 Å². The van der Waals surface area contributed by atoms with Crippen LogP contribution in [0.3, 0.4) is 0 Å². The molecular formula is C28H42N6O3. The van der Waals surface area contributed by atoms with E-state index in [0.29, 0.717) is 51.9 Å². The normalized spacial score (nSPS) is 12.4. The number of unbranched alkanes of at least 4 members (excludes halogenated alkanes) is 2. The summed E-state index contributed by atoms with van der Waals surface area (Å²) in [6, 6.07) is 15.5. The van der Waals surface area contributed by atoms with Crippen molar-refractivity contribution < 1.29 is 14.4 Å². The Kier molecular flexibility index (Phi) is 14.0. The summed E-state index contributed by atoms with van der Waals surface area (Å²) in [5.74, 6) is -0.896. The molecule has 0 fully saturated rings. The molecule has 0 saturated heterocycles. The number of nitrogens with one attached hydrogen (secondary N) is 3. The Labute approximate surface area is 219 Å². The van der Waals surface area contributed by atoms with Crippen LogP contribution in [0.2, 0.25) is 0 Å². The molecular weight excluding hydrogens is 468 g/mol. The van der Waals surface area contributed by atoms with Crippen molar-refractivity contribution in [1.29, 1.82) is 0 Å². The molecule has 9 heteroatoms. The molecule has 2 rings (SSSR count). The standard InChI is InChI=1S/C28H42N6O3/c29-16-6-4-10-24(27(36)32-20-23-14-12-22(19-31)13-15-23)34-28(37)25(11-5-7-17-30)33-26(35)18-21-8-2-1-3-9-21/h1-3,8-9,12-15,24-25H,4-7,10-11,16-20,29-31H2,(H,32,36)(H,33,35)(H,34,37)/t24-,25-/m0/s1. The molecule has 0 bridgehead atoms. The Balaban J connectivity index is 2.03. The van der Waals surface area contributed by atoms with Gasteiger partial charge < -0.3 is 33.2 Å². The minimum absolute atomic E-state index is 0.171. The zero-order chi connectivity index (χ0) is 26.9. The average molecular weight is 511 g/mol. The summed E-state index contributed by atoms with van der Waals surface area (Å²) in [5, 5.41) is 8.64. The molecule has 0 saturated carbocycles. The van der Waals surface area contributed by atoms with Crippen molar-refractivity contribution >= 4 is 17.7 Å². The van der Waals surface area contributed by atoms with Crippen LogP contribution in [0.25, 0.3) is 0 Å². The fraction of sp³-hybridized carbons (Fsp3) is 0.464. The van der Waals surface area contributed by atoms with Crippen LogP contribution in [-0.2, 0) is 33.9 Å². The third kappa shape index (κ3) is 11.6. The highest BCUT2D eigenvalue weighted by Gasteiger charge is 2.26. The Morgan fingerprint density at radius 1 is 0.649 bits per heavy atom. The lowest BCUT2D eigenvalue weighted by atomic mass is 10.0. The quantitative estimate of drug-likeness (QED) is 0.175. The van der Waals surface area contributed by atoms with E-state index in [9.17, 15) is 14.4 Å². The van der Waals surface area contributed by atoms with Gasteiger partial charge in [-0.1, -0.05) is 54.6 Å². The van der Waals surface area contributed by atoms with E-state index in [-0.39, 0.29) is 24.1 Å². The number of hydrogen-bond donors (Lipinski definition) is 6. The van der Waals surface area contributed by atoms with Gasteiger partial charge in [-0.05, 0) is 68.3 Å². The van der Waals surface area contributed by atoms with Gasteiger partial charge in [0.15, 0.2) is 0 Å². The van der Waals surface area contributed by atoms with E-state index in [0.717, 1.165) is 29.5 Å². The zero-order valence-corrected chi connectivity index (χ0v) is 21.6. The fourth-order valence-electron chi connectivity index (χ4n) is 3.93. The van der Waals surface area contributed by atoms with Crippen molar-refractivity contribution in [2.45, 2.75) is 70.1 Å². The second kappa shape index (κ2) is 17.2. The van der Waals surface area contributed by atoms with Crippen LogP contribution >= 0.6 is 0 Å². The van der Waals surface area contributed by atoms with E-state index < -0.39 is 12.1 Å². The van der Waals surface area contributed by atoms with Crippen LogP contribution in [-0.4, -0.2) is 42.9 Å². The molecule has 2 aromatic rings. The topological polar surface area (TPSA) is 165 Å². The van der Waals surface area contributed by atoms with Crippen molar-refractivity contribution in [1.82, 2.24) is 16.0 Å². The minimum Gasteiger partial charge on any atom is -0.350 e. The van der Waals surface area contributed by atoms with Gasteiger partial charge in [-0.2, -0.15) is 0 Å². The molecule has 0 unspecified atom stereocenters. The van der Waals surface area contributed by atoms with Crippen LogP contribution in [0.15, 0.2) is 54.6 Å². The van der Waals surface area contributed by atoms with Gasteiger partial charge in [0.2, 0.25) is 17.7 Å². The maximum absolute atomic E-state index is 13.2. The third-order valence-electron chi connectivity index (χ3n) is 6.11. The summed E-state index contributed by atoms with van der Waals surface area (Å²) < 4.78 is 0. The van der Waals surface area contributed by atoms with Gasteiger partial charge in [0.25, 0.3) is 0 Å². The first-order valence-corrected chi connectivity index (χ1v) is 13.1. The van der Waals surface area contributed by atoms with E-state index in [2.05, 4.69) is 16.0 Å². The van der Waals surface area contributed by atoms with Gasteiger partial charge in [-0.25, -0.2) is 0 Å². The van der Waals surface area contributed by atoms with Gasteiger partial charge in [0, 0.05) is 13.1 Å². The summed E-state index contributed by atoms with van der Waals surface area (Å²) >= 11 is 0. The summed E-state index contributed by atoms with van der Waals surface area (Å²) in [6.45, 7) is 1.80. The van der Waals surface area contributed by atoms with Crippen LogP contribution in [0.5, 0.6) is 0 Å². The molecule has 0 aromatic heterocycles. The van der Waals surface area contributed by atoms with E-state index in [1.807, 2.05) is 54.6 Å². The summed E-state index contributed by atoms with van der Waals surface area (Å²) in [5.41, 5.74) is 19.7.